The van der Waals surface area contributed by atoms with E-state index in [-0.39, 0.29) is 24.8 Å². The lowest BCUT2D eigenvalue weighted by Crippen LogP contribution is -2.24. The van der Waals surface area contributed by atoms with Gasteiger partial charge in [0.2, 0.25) is 23.5 Å². The van der Waals surface area contributed by atoms with Crippen molar-refractivity contribution in [1.29, 1.82) is 0 Å². The molecule has 132 valence electrons. The summed E-state index contributed by atoms with van der Waals surface area (Å²) in [7, 11) is 0. The third kappa shape index (κ3) is 4.73. The SMILES string of the molecule is CC(=O)Nc1ccc(CC(=O)NCc2nc(-c3ccncc3)no2)cc1. The van der Waals surface area contributed by atoms with Gasteiger partial charge in [-0.25, -0.2) is 0 Å². The number of hydrogen-bond donors (Lipinski definition) is 2. The van der Waals surface area contributed by atoms with Crippen molar-refractivity contribution < 1.29 is 14.1 Å². The molecule has 0 fully saturated rings. The Bertz CT molecular complexity index is 891. The zero-order valence-corrected chi connectivity index (χ0v) is 14.1. The number of nitrogens with one attached hydrogen (secondary N) is 2. The summed E-state index contributed by atoms with van der Waals surface area (Å²) in [5, 5.41) is 9.30. The molecular weight excluding hydrogens is 334 g/mol. The minimum Gasteiger partial charge on any atom is -0.347 e. The number of aromatic nitrogens is 3. The lowest BCUT2D eigenvalue weighted by molar-refractivity contribution is -0.120. The van der Waals surface area contributed by atoms with Crippen LogP contribution in [0.5, 0.6) is 0 Å². The van der Waals surface area contributed by atoms with Crippen LogP contribution in [0.3, 0.4) is 0 Å². The molecule has 26 heavy (non-hydrogen) atoms. The number of pyridine rings is 1. The van der Waals surface area contributed by atoms with E-state index in [1.165, 1.54) is 6.92 Å². The van der Waals surface area contributed by atoms with Crippen molar-refractivity contribution in [2.24, 2.45) is 0 Å². The number of hydrogen-bond acceptors (Lipinski definition) is 6. The molecule has 2 N–H and O–H groups in total. The molecule has 0 unspecified atom stereocenters. The number of nitrogens with zero attached hydrogens (tertiary/aromatic N) is 3. The minimum absolute atomic E-state index is 0.138. The average molecular weight is 351 g/mol. The average Bonchev–Trinajstić information content (AvgIpc) is 3.11. The van der Waals surface area contributed by atoms with Crippen molar-refractivity contribution in [3.63, 3.8) is 0 Å². The number of anilines is 1. The Balaban J connectivity index is 1.51. The van der Waals surface area contributed by atoms with Gasteiger partial charge in [-0.3, -0.25) is 14.6 Å². The molecule has 0 atom stereocenters. The van der Waals surface area contributed by atoms with Crippen molar-refractivity contribution in [2.45, 2.75) is 19.9 Å². The highest BCUT2D eigenvalue weighted by atomic mass is 16.5. The van der Waals surface area contributed by atoms with Crippen molar-refractivity contribution in [3.8, 4) is 11.4 Å². The van der Waals surface area contributed by atoms with Crippen molar-refractivity contribution in [3.05, 3.63) is 60.2 Å². The molecule has 2 amide bonds. The Hall–Kier alpha value is -3.55. The van der Waals surface area contributed by atoms with Gasteiger partial charge in [-0.2, -0.15) is 4.98 Å². The van der Waals surface area contributed by atoms with Crippen LogP contribution in [0, 0.1) is 0 Å². The van der Waals surface area contributed by atoms with E-state index in [1.54, 1.807) is 48.8 Å². The first-order valence-electron chi connectivity index (χ1n) is 7.96. The molecule has 8 nitrogen and oxygen atoms in total. The summed E-state index contributed by atoms with van der Waals surface area (Å²) in [4.78, 5) is 31.2. The first kappa shape index (κ1) is 17.3. The molecule has 0 radical (unpaired) electrons. The molecule has 0 saturated heterocycles. The molecule has 3 aromatic rings. The summed E-state index contributed by atoms with van der Waals surface area (Å²) in [5.74, 6) is 0.471. The van der Waals surface area contributed by atoms with E-state index >= 15 is 0 Å². The molecule has 0 spiro atoms. The topological polar surface area (TPSA) is 110 Å². The van der Waals surface area contributed by atoms with Crippen LogP contribution >= 0.6 is 0 Å². The summed E-state index contributed by atoms with van der Waals surface area (Å²) >= 11 is 0. The molecular formula is C18H17N5O3. The van der Waals surface area contributed by atoms with Crippen LogP contribution in [0.1, 0.15) is 18.4 Å². The summed E-state index contributed by atoms with van der Waals surface area (Å²) < 4.78 is 5.14. The summed E-state index contributed by atoms with van der Waals surface area (Å²) in [6.45, 7) is 1.60. The van der Waals surface area contributed by atoms with Crippen LogP contribution in [-0.4, -0.2) is 26.9 Å². The lowest BCUT2D eigenvalue weighted by Gasteiger charge is -2.05. The first-order chi connectivity index (χ1) is 12.6. The zero-order valence-electron chi connectivity index (χ0n) is 14.1. The van der Waals surface area contributed by atoms with Crippen LogP contribution in [0.4, 0.5) is 5.69 Å². The van der Waals surface area contributed by atoms with E-state index in [2.05, 4.69) is 25.8 Å². The van der Waals surface area contributed by atoms with Gasteiger partial charge < -0.3 is 15.2 Å². The standard InChI is InChI=1S/C18H17N5O3/c1-12(24)21-15-4-2-13(3-5-15)10-16(25)20-11-17-22-18(23-26-17)14-6-8-19-9-7-14/h2-9H,10-11H2,1H3,(H,20,25)(H,21,24). The third-order valence-electron chi connectivity index (χ3n) is 3.48. The van der Waals surface area contributed by atoms with E-state index in [0.29, 0.717) is 17.4 Å². The minimum atomic E-state index is -0.166. The molecule has 0 aliphatic rings. The van der Waals surface area contributed by atoms with Gasteiger partial charge in [-0.05, 0) is 29.8 Å². The quantitative estimate of drug-likeness (QED) is 0.702. The van der Waals surface area contributed by atoms with E-state index in [1.807, 2.05) is 0 Å². The Kier molecular flexibility index (Phi) is 5.33. The lowest BCUT2D eigenvalue weighted by atomic mass is 10.1. The van der Waals surface area contributed by atoms with Crippen LogP contribution in [-0.2, 0) is 22.6 Å². The van der Waals surface area contributed by atoms with E-state index < -0.39 is 0 Å². The van der Waals surface area contributed by atoms with Crippen molar-refractivity contribution >= 4 is 17.5 Å². The maximum Gasteiger partial charge on any atom is 0.246 e. The molecule has 2 aromatic heterocycles. The summed E-state index contributed by atoms with van der Waals surface area (Å²) in [5.41, 5.74) is 2.32. The zero-order chi connectivity index (χ0) is 18.4. The van der Waals surface area contributed by atoms with Gasteiger partial charge in [0, 0.05) is 30.6 Å². The summed E-state index contributed by atoms with van der Waals surface area (Å²) in [6, 6.07) is 10.6. The number of benzene rings is 1. The van der Waals surface area contributed by atoms with E-state index in [4.69, 9.17) is 4.52 Å². The van der Waals surface area contributed by atoms with Gasteiger partial charge in [-0.15, -0.1) is 0 Å². The fourth-order valence-corrected chi connectivity index (χ4v) is 2.28. The van der Waals surface area contributed by atoms with Crippen LogP contribution in [0.2, 0.25) is 0 Å². The predicted molar refractivity (Wildman–Crippen MR) is 93.8 cm³/mol. The predicted octanol–water partition coefficient (Wildman–Crippen LogP) is 1.95. The van der Waals surface area contributed by atoms with E-state index in [0.717, 1.165) is 11.1 Å². The van der Waals surface area contributed by atoms with Crippen LogP contribution in [0.25, 0.3) is 11.4 Å². The van der Waals surface area contributed by atoms with Gasteiger partial charge in [0.25, 0.3) is 0 Å². The fourth-order valence-electron chi connectivity index (χ4n) is 2.28. The normalized spacial score (nSPS) is 10.3. The monoisotopic (exact) mass is 351 g/mol. The maximum absolute atomic E-state index is 12.0. The Labute approximate surface area is 149 Å². The Morgan fingerprint density at radius 1 is 1.08 bits per heavy atom. The highest BCUT2D eigenvalue weighted by Gasteiger charge is 2.10. The van der Waals surface area contributed by atoms with Gasteiger partial charge in [0.1, 0.15) is 0 Å². The third-order valence-corrected chi connectivity index (χ3v) is 3.48. The number of amides is 2. The number of carbonyl (C=O) groups excluding carboxylic acids is 2. The molecule has 8 heteroatoms. The largest absolute Gasteiger partial charge is 0.347 e. The summed E-state index contributed by atoms with van der Waals surface area (Å²) in [6.07, 6.45) is 3.50. The highest BCUT2D eigenvalue weighted by molar-refractivity contribution is 5.88. The smallest absolute Gasteiger partial charge is 0.246 e. The van der Waals surface area contributed by atoms with Crippen LogP contribution < -0.4 is 10.6 Å². The second-order valence-corrected chi connectivity index (χ2v) is 5.58. The maximum atomic E-state index is 12.0. The number of rotatable bonds is 6. The first-order valence-corrected chi connectivity index (χ1v) is 7.96. The van der Waals surface area contributed by atoms with Gasteiger partial charge in [0.15, 0.2) is 0 Å². The molecule has 3 rings (SSSR count). The van der Waals surface area contributed by atoms with Gasteiger partial charge in [-0.1, -0.05) is 17.3 Å². The molecule has 2 heterocycles. The second-order valence-electron chi connectivity index (χ2n) is 5.58. The number of carbonyl (C=O) groups is 2. The molecule has 0 aliphatic heterocycles. The van der Waals surface area contributed by atoms with Gasteiger partial charge >= 0.3 is 0 Å². The van der Waals surface area contributed by atoms with E-state index in [9.17, 15) is 9.59 Å². The second kappa shape index (κ2) is 8.02. The highest BCUT2D eigenvalue weighted by Crippen LogP contribution is 2.14. The molecule has 1 aromatic carbocycles. The van der Waals surface area contributed by atoms with Crippen LogP contribution in [0.15, 0.2) is 53.3 Å². The Morgan fingerprint density at radius 2 is 1.81 bits per heavy atom. The molecule has 0 bridgehead atoms. The fraction of sp³-hybridized carbons (Fsp3) is 0.167. The molecule has 0 aliphatic carbocycles. The van der Waals surface area contributed by atoms with Crippen molar-refractivity contribution in [1.82, 2.24) is 20.4 Å². The van der Waals surface area contributed by atoms with Crippen molar-refractivity contribution in [2.75, 3.05) is 5.32 Å². The van der Waals surface area contributed by atoms with Gasteiger partial charge in [0.05, 0.1) is 13.0 Å². The molecule has 0 saturated carbocycles. The Morgan fingerprint density at radius 3 is 2.50 bits per heavy atom.